The fourth-order valence-electron chi connectivity index (χ4n) is 1.08. The Balaban J connectivity index is 2.62. The summed E-state index contributed by atoms with van der Waals surface area (Å²) in [5, 5.41) is 10.0. The van der Waals surface area contributed by atoms with Gasteiger partial charge in [0.15, 0.2) is 11.5 Å². The molecule has 9 nitrogen and oxygen atoms in total. The van der Waals surface area contributed by atoms with Gasteiger partial charge >= 0.3 is 0 Å². The van der Waals surface area contributed by atoms with Gasteiger partial charge in [-0.2, -0.15) is 4.98 Å². The van der Waals surface area contributed by atoms with Crippen LogP contribution in [0.15, 0.2) is 0 Å². The third kappa shape index (κ3) is 3.81. The maximum absolute atomic E-state index is 10.8. The van der Waals surface area contributed by atoms with Crippen LogP contribution in [0.3, 0.4) is 0 Å². The number of hydrogen-bond acceptors (Lipinski definition) is 8. The van der Waals surface area contributed by atoms with E-state index < -0.39 is 5.91 Å². The Hall–Kier alpha value is -2.00. The molecule has 9 heteroatoms. The molecule has 1 aromatic rings. The van der Waals surface area contributed by atoms with Crippen LogP contribution in [0, 0.1) is 0 Å². The lowest BCUT2D eigenvalue weighted by Gasteiger charge is -2.11. The molecule has 1 aromatic heterocycles. The molecule has 0 bridgehead atoms. The lowest BCUT2D eigenvalue weighted by atomic mass is 10.3. The van der Waals surface area contributed by atoms with Crippen LogP contribution in [0.25, 0.3) is 0 Å². The molecule has 0 saturated heterocycles. The van der Waals surface area contributed by atoms with Gasteiger partial charge in [-0.05, 0) is 0 Å². The Morgan fingerprint density at radius 3 is 2.76 bits per heavy atom. The zero-order valence-corrected chi connectivity index (χ0v) is 9.38. The summed E-state index contributed by atoms with van der Waals surface area (Å²) in [5.41, 5.74) is 16.0. The van der Waals surface area contributed by atoms with E-state index in [1.165, 1.54) is 0 Å². The molecule has 0 aliphatic carbocycles. The molecule has 0 aliphatic rings. The molecule has 1 atom stereocenters. The molecule has 0 unspecified atom stereocenters. The van der Waals surface area contributed by atoms with Crippen molar-refractivity contribution in [1.82, 2.24) is 15.2 Å². The highest BCUT2D eigenvalue weighted by atomic mass is 16.5. The van der Waals surface area contributed by atoms with Crippen molar-refractivity contribution in [2.24, 2.45) is 11.5 Å². The summed E-state index contributed by atoms with van der Waals surface area (Å²) in [5.74, 6) is -0.667. The second-order valence-electron chi connectivity index (χ2n) is 3.33. The van der Waals surface area contributed by atoms with E-state index in [-0.39, 0.29) is 23.5 Å². The van der Waals surface area contributed by atoms with Crippen LogP contribution >= 0.6 is 0 Å². The number of nitrogens with zero attached hydrogens (tertiary/aromatic N) is 3. The van der Waals surface area contributed by atoms with Crippen molar-refractivity contribution in [1.29, 1.82) is 0 Å². The van der Waals surface area contributed by atoms with E-state index in [4.69, 9.17) is 21.9 Å². The van der Waals surface area contributed by atoms with Crippen LogP contribution in [0.1, 0.15) is 10.5 Å². The van der Waals surface area contributed by atoms with Crippen molar-refractivity contribution < 1.29 is 9.53 Å². The first-order chi connectivity index (χ1) is 8.04. The highest BCUT2D eigenvalue weighted by Gasteiger charge is 2.11. The quantitative estimate of drug-likeness (QED) is 0.443. The Morgan fingerprint density at radius 1 is 1.53 bits per heavy atom. The minimum Gasteiger partial charge on any atom is -0.383 e. The third-order valence-electron chi connectivity index (χ3n) is 1.85. The van der Waals surface area contributed by atoms with Gasteiger partial charge in [0, 0.05) is 19.7 Å². The van der Waals surface area contributed by atoms with Gasteiger partial charge in [-0.25, -0.2) is 0 Å². The molecule has 1 amide bonds. The van der Waals surface area contributed by atoms with Crippen molar-refractivity contribution in [3.8, 4) is 0 Å². The van der Waals surface area contributed by atoms with Crippen LogP contribution in [0.2, 0.25) is 0 Å². The first-order valence-electron chi connectivity index (χ1n) is 4.83. The van der Waals surface area contributed by atoms with Crippen LogP contribution in [-0.4, -0.2) is 47.4 Å². The highest BCUT2D eigenvalue weighted by Crippen LogP contribution is 2.05. The SMILES string of the molecule is COC[C@H](N)CNc1nnc(C(N)=O)c(N)n1. The summed E-state index contributed by atoms with van der Waals surface area (Å²) >= 11 is 0. The Bertz CT molecular complexity index is 397. The molecule has 17 heavy (non-hydrogen) atoms. The number of aromatic nitrogens is 3. The van der Waals surface area contributed by atoms with E-state index in [0.717, 1.165) is 0 Å². The number of anilines is 2. The molecule has 0 spiro atoms. The lowest BCUT2D eigenvalue weighted by Crippen LogP contribution is -2.34. The van der Waals surface area contributed by atoms with E-state index in [9.17, 15) is 4.79 Å². The van der Waals surface area contributed by atoms with Crippen LogP contribution in [0.5, 0.6) is 0 Å². The number of amides is 1. The molecule has 0 saturated carbocycles. The smallest absolute Gasteiger partial charge is 0.273 e. The Morgan fingerprint density at radius 2 is 2.24 bits per heavy atom. The first kappa shape index (κ1) is 13.1. The first-order valence-corrected chi connectivity index (χ1v) is 4.83. The van der Waals surface area contributed by atoms with Crippen LogP contribution in [0.4, 0.5) is 11.8 Å². The molecule has 1 heterocycles. The number of rotatable bonds is 6. The Kier molecular flexibility index (Phi) is 4.55. The van der Waals surface area contributed by atoms with Gasteiger partial charge in [0.05, 0.1) is 6.61 Å². The highest BCUT2D eigenvalue weighted by molar-refractivity contribution is 5.94. The van der Waals surface area contributed by atoms with Gasteiger partial charge < -0.3 is 27.3 Å². The standard InChI is InChI=1S/C8H15N7O2/c1-17-3-4(9)2-12-8-13-6(10)5(7(11)16)14-15-8/h4H,2-3,9H2,1H3,(H2,11,16)(H3,10,12,13,15)/t4-/m1/s1. The number of nitrogens with one attached hydrogen (secondary N) is 1. The van der Waals surface area contributed by atoms with E-state index in [0.29, 0.717) is 13.2 Å². The number of primary amides is 1. The summed E-state index contributed by atoms with van der Waals surface area (Å²) in [7, 11) is 1.55. The number of hydrogen-bond donors (Lipinski definition) is 4. The number of nitrogen functional groups attached to an aromatic ring is 1. The van der Waals surface area contributed by atoms with E-state index >= 15 is 0 Å². The molecule has 94 valence electrons. The summed E-state index contributed by atoms with van der Waals surface area (Å²) in [6, 6.07) is -0.208. The fraction of sp³-hybridized carbons (Fsp3) is 0.500. The summed E-state index contributed by atoms with van der Waals surface area (Å²) in [6.45, 7) is 0.792. The van der Waals surface area contributed by atoms with Crippen molar-refractivity contribution in [2.75, 3.05) is 31.3 Å². The van der Waals surface area contributed by atoms with E-state index in [1.54, 1.807) is 7.11 Å². The zero-order chi connectivity index (χ0) is 12.8. The van der Waals surface area contributed by atoms with Gasteiger partial charge in [-0.3, -0.25) is 4.79 Å². The Labute approximate surface area is 97.7 Å². The maximum Gasteiger partial charge on any atom is 0.273 e. The number of carbonyl (C=O) groups excluding carboxylic acids is 1. The van der Waals surface area contributed by atoms with Gasteiger partial charge in [0.2, 0.25) is 5.95 Å². The number of nitrogens with two attached hydrogens (primary N) is 3. The van der Waals surface area contributed by atoms with Gasteiger partial charge in [0.25, 0.3) is 5.91 Å². The van der Waals surface area contributed by atoms with Gasteiger partial charge in [-0.15, -0.1) is 10.2 Å². The molecule has 0 aliphatic heterocycles. The molecule has 0 fully saturated rings. The molecular formula is C8H15N7O2. The third-order valence-corrected chi connectivity index (χ3v) is 1.85. The van der Waals surface area contributed by atoms with Crippen LogP contribution in [-0.2, 0) is 4.74 Å². The minimum atomic E-state index is -0.773. The monoisotopic (exact) mass is 241 g/mol. The average molecular weight is 241 g/mol. The van der Waals surface area contributed by atoms with Gasteiger partial charge in [0.1, 0.15) is 0 Å². The van der Waals surface area contributed by atoms with E-state index in [1.807, 2.05) is 0 Å². The number of carbonyl (C=O) groups is 1. The molecular weight excluding hydrogens is 226 g/mol. The summed E-state index contributed by atoms with van der Waals surface area (Å²) < 4.78 is 4.86. The number of ether oxygens (including phenoxy) is 1. The topological polar surface area (TPSA) is 155 Å². The summed E-state index contributed by atoms with van der Waals surface area (Å²) in [4.78, 5) is 14.6. The predicted octanol–water partition coefficient (Wildman–Crippen LogP) is -2.06. The second-order valence-corrected chi connectivity index (χ2v) is 3.33. The predicted molar refractivity (Wildman–Crippen MR) is 61.1 cm³/mol. The molecule has 1 rings (SSSR count). The normalized spacial score (nSPS) is 12.1. The molecule has 0 radical (unpaired) electrons. The number of methoxy groups -OCH3 is 1. The second kappa shape index (κ2) is 5.92. The largest absolute Gasteiger partial charge is 0.383 e. The molecule has 7 N–H and O–H groups in total. The zero-order valence-electron chi connectivity index (χ0n) is 9.38. The van der Waals surface area contributed by atoms with Crippen molar-refractivity contribution in [3.05, 3.63) is 5.69 Å². The van der Waals surface area contributed by atoms with Crippen molar-refractivity contribution >= 4 is 17.7 Å². The molecule has 0 aromatic carbocycles. The van der Waals surface area contributed by atoms with Crippen molar-refractivity contribution in [3.63, 3.8) is 0 Å². The fourth-order valence-corrected chi connectivity index (χ4v) is 1.08. The summed E-state index contributed by atoms with van der Waals surface area (Å²) in [6.07, 6.45) is 0. The lowest BCUT2D eigenvalue weighted by molar-refractivity contribution is 0.0995. The van der Waals surface area contributed by atoms with E-state index in [2.05, 4.69) is 20.5 Å². The van der Waals surface area contributed by atoms with Gasteiger partial charge in [-0.1, -0.05) is 0 Å². The average Bonchev–Trinajstić information content (AvgIpc) is 2.26. The van der Waals surface area contributed by atoms with Crippen molar-refractivity contribution in [2.45, 2.75) is 6.04 Å². The minimum absolute atomic E-state index is 0.0738. The van der Waals surface area contributed by atoms with Crippen LogP contribution < -0.4 is 22.5 Å². The maximum atomic E-state index is 10.8.